The number of nitrogens with zero attached hydrogens (tertiary/aromatic N) is 8. The van der Waals surface area contributed by atoms with Crippen molar-refractivity contribution in [2.45, 2.75) is 52.4 Å². The highest BCUT2D eigenvalue weighted by Gasteiger charge is 2.19. The fraction of sp³-hybridized carbons (Fsp3) is 0.149. The summed E-state index contributed by atoms with van der Waals surface area (Å²) >= 11 is 5.73. The number of halogens is 1. The molecule has 438 valence electrons. The summed E-state index contributed by atoms with van der Waals surface area (Å²) in [5.41, 5.74) is 23.3. The van der Waals surface area contributed by atoms with Gasteiger partial charge in [-0.3, -0.25) is 0 Å². The molecule has 3 heterocycles. The number of benzene rings is 8. The van der Waals surface area contributed by atoms with Crippen molar-refractivity contribution < 1.29 is 28.5 Å². The van der Waals surface area contributed by atoms with E-state index < -0.39 is 6.03 Å². The third-order valence-corrected chi connectivity index (χ3v) is 13.3. The number of fused-ring (bicyclic) bond motifs is 3. The molecule has 0 aliphatic rings. The van der Waals surface area contributed by atoms with Gasteiger partial charge in [0.2, 0.25) is 34.6 Å². The lowest BCUT2D eigenvalue weighted by molar-refractivity contribution is 0.262. The number of ether oxygens (including phenoxy) is 5. The minimum Gasteiger partial charge on any atom is -0.495 e. The molecule has 11 rings (SSSR count). The highest BCUT2D eigenvalue weighted by Crippen LogP contribution is 2.37. The van der Waals surface area contributed by atoms with Crippen LogP contribution in [0.2, 0.25) is 5.28 Å². The largest absolute Gasteiger partial charge is 0.495 e. The predicted octanol–water partition coefficient (Wildman–Crippen LogP) is 15.4. The van der Waals surface area contributed by atoms with E-state index in [1.165, 1.54) is 18.0 Å². The molecule has 0 radical (unpaired) electrons. The van der Waals surface area contributed by atoms with E-state index in [0.717, 1.165) is 43.6 Å². The topological polar surface area (TPSA) is 290 Å². The first kappa shape index (κ1) is 61.8. The fourth-order valence-electron chi connectivity index (χ4n) is 8.61. The molecule has 0 aliphatic heterocycles. The van der Waals surface area contributed by atoms with Crippen LogP contribution in [0.15, 0.2) is 182 Å². The minimum absolute atomic E-state index is 0.0210. The molecular formula is C67H62ClN13O6. The number of methoxy groups -OCH3 is 2. The number of aromatic nitrogens is 6. The molecule has 0 aliphatic carbocycles. The maximum Gasteiger partial charge on any atom is 0.323 e. The van der Waals surface area contributed by atoms with E-state index in [1.807, 2.05) is 121 Å². The number of nitrogen functional groups attached to an aromatic ring is 3. The Labute approximate surface area is 508 Å². The zero-order valence-electron chi connectivity index (χ0n) is 49.0. The lowest BCUT2D eigenvalue weighted by Gasteiger charge is -2.21. The van der Waals surface area contributed by atoms with Gasteiger partial charge in [0, 0.05) is 80.5 Å². The number of nitriles is 2. The Morgan fingerprint density at radius 3 is 1.29 bits per heavy atom. The van der Waals surface area contributed by atoms with Crippen molar-refractivity contribution in [2.75, 3.05) is 42.1 Å². The number of rotatable bonds is 10. The number of nitrogens with two attached hydrogens (primary N) is 3. The number of amides is 2. The second-order valence-corrected chi connectivity index (χ2v) is 21.5. The standard InChI is InChI=1S/C27H25N5O3.C15H10N4O.C14H10ClN3O.C11H17NO/c1-27(2,3)17-9-11-23(34-4)21(15-17)31-26(33)30-20-10-12-22(19-8-6-5-7-18(19)20)35-25-13-14-29-24(16-28)32-25;16-9-14-18-8-7-15(19-14)20-13-6-5-12(17)10-3-1-2-4-11(10)13;15-14-17-8-7-13(18-14)19-12-6-5-11(16)9-3-1-2-4-10(9)12;1-11(2,3)8-5-6-10(13-4)9(12)7-8/h5-15H,1-4H3,(H2,30,31,33);1-8H,17H2;1-8H,16H2;5-7H,12H2,1-4H3. The minimum atomic E-state index is -0.400. The van der Waals surface area contributed by atoms with Gasteiger partial charge in [-0.25, -0.2) is 19.7 Å². The number of nitrogens with one attached hydrogen (secondary N) is 2. The van der Waals surface area contributed by atoms with Crippen molar-refractivity contribution in [3.8, 4) is 58.5 Å². The zero-order chi connectivity index (χ0) is 62.3. The Kier molecular flexibility index (Phi) is 19.8. The molecule has 0 saturated heterocycles. The van der Waals surface area contributed by atoms with E-state index in [2.05, 4.69) is 88.1 Å². The molecule has 0 unspecified atom stereocenters. The first-order valence-corrected chi connectivity index (χ1v) is 27.4. The third kappa shape index (κ3) is 16.1. The van der Waals surface area contributed by atoms with Gasteiger partial charge in [-0.1, -0.05) is 126 Å². The maximum absolute atomic E-state index is 12.9. The van der Waals surface area contributed by atoms with Gasteiger partial charge in [-0.05, 0) is 94.2 Å². The number of carbonyl (C=O) groups is 1. The van der Waals surface area contributed by atoms with E-state index in [9.17, 15) is 4.79 Å². The van der Waals surface area contributed by atoms with Gasteiger partial charge < -0.3 is 51.5 Å². The highest BCUT2D eigenvalue weighted by molar-refractivity contribution is 6.28. The zero-order valence-corrected chi connectivity index (χ0v) is 49.7. The van der Waals surface area contributed by atoms with Gasteiger partial charge in [0.1, 0.15) is 40.9 Å². The quantitative estimate of drug-likeness (QED) is 0.0628. The SMILES string of the molecule is COc1ccc(C(C)(C)C)cc1N.COc1ccc(C(C)(C)C)cc1NC(=O)Nc1ccc(Oc2ccnc(C#N)n2)c2ccccc12.N#Cc1nccc(Oc2ccc(N)c3ccccc23)n1.Nc1ccc(Oc2ccnc(Cl)n2)c2ccccc12. The van der Waals surface area contributed by atoms with Crippen LogP contribution in [0.5, 0.6) is 46.4 Å². The first-order chi connectivity index (χ1) is 41.7. The van der Waals surface area contributed by atoms with Gasteiger partial charge in [-0.15, -0.1) is 0 Å². The highest BCUT2D eigenvalue weighted by atomic mass is 35.5. The maximum atomic E-state index is 12.9. The molecule has 8 N–H and O–H groups in total. The van der Waals surface area contributed by atoms with Crippen LogP contribution in [0.1, 0.15) is 64.3 Å². The molecule has 0 fully saturated rings. The molecule has 0 spiro atoms. The Balaban J connectivity index is 0.000000161. The molecule has 11 aromatic rings. The van der Waals surface area contributed by atoms with Crippen LogP contribution < -0.4 is 51.5 Å². The monoisotopic (exact) mass is 1180 g/mol. The number of urea groups is 1. The van der Waals surface area contributed by atoms with Crippen LogP contribution >= 0.6 is 11.6 Å². The van der Waals surface area contributed by atoms with Crippen LogP contribution in [-0.2, 0) is 10.8 Å². The van der Waals surface area contributed by atoms with Crippen molar-refractivity contribution in [3.05, 3.63) is 210 Å². The summed E-state index contributed by atoms with van der Waals surface area (Å²) in [4.78, 5) is 36.5. The molecule has 0 bridgehead atoms. The molecule has 8 aromatic carbocycles. The van der Waals surface area contributed by atoms with E-state index in [1.54, 1.807) is 68.9 Å². The molecule has 2 amide bonds. The normalized spacial score (nSPS) is 10.7. The number of carbonyl (C=O) groups excluding carboxylic acids is 1. The Morgan fingerprint density at radius 1 is 0.448 bits per heavy atom. The van der Waals surface area contributed by atoms with Crippen LogP contribution in [0.4, 0.5) is 33.2 Å². The summed E-state index contributed by atoms with van der Waals surface area (Å²) in [5, 5.41) is 29.0. The average molecular weight is 1180 g/mol. The third-order valence-electron chi connectivity index (χ3n) is 13.1. The van der Waals surface area contributed by atoms with Crippen LogP contribution in [-0.4, -0.2) is 50.2 Å². The predicted molar refractivity (Wildman–Crippen MR) is 342 cm³/mol. The second-order valence-electron chi connectivity index (χ2n) is 21.1. The molecule has 20 heteroatoms. The van der Waals surface area contributed by atoms with Crippen molar-refractivity contribution in [2.24, 2.45) is 0 Å². The smallest absolute Gasteiger partial charge is 0.323 e. The Hall–Kier alpha value is -11.3. The summed E-state index contributed by atoms with van der Waals surface area (Å²) in [7, 11) is 3.20. The van der Waals surface area contributed by atoms with E-state index in [0.29, 0.717) is 63.2 Å². The molecule has 87 heavy (non-hydrogen) atoms. The lowest BCUT2D eigenvalue weighted by atomic mass is 9.87. The van der Waals surface area contributed by atoms with Crippen molar-refractivity contribution in [1.82, 2.24) is 29.9 Å². The molecule has 0 saturated carbocycles. The van der Waals surface area contributed by atoms with Gasteiger partial charge in [0.05, 0.1) is 31.3 Å². The van der Waals surface area contributed by atoms with E-state index in [4.69, 9.17) is 63.0 Å². The molecule has 19 nitrogen and oxygen atoms in total. The van der Waals surface area contributed by atoms with Gasteiger partial charge in [-0.2, -0.15) is 25.5 Å². The summed E-state index contributed by atoms with van der Waals surface area (Å²) in [6.45, 7) is 12.8. The van der Waals surface area contributed by atoms with Crippen LogP contribution in [0.3, 0.4) is 0 Å². The lowest BCUT2D eigenvalue weighted by Crippen LogP contribution is -2.21. The summed E-state index contributed by atoms with van der Waals surface area (Å²) in [5.74, 6) is 4.24. The van der Waals surface area contributed by atoms with Crippen LogP contribution in [0.25, 0.3) is 32.3 Å². The van der Waals surface area contributed by atoms with Crippen LogP contribution in [0, 0.1) is 22.7 Å². The molecule has 0 atom stereocenters. The van der Waals surface area contributed by atoms with Gasteiger partial charge >= 0.3 is 6.03 Å². The summed E-state index contributed by atoms with van der Waals surface area (Å²) in [6, 6.07) is 53.6. The first-order valence-electron chi connectivity index (χ1n) is 27.0. The second kappa shape index (κ2) is 27.9. The van der Waals surface area contributed by atoms with Crippen molar-refractivity contribution in [1.29, 1.82) is 10.5 Å². The fourth-order valence-corrected chi connectivity index (χ4v) is 8.75. The number of anilines is 5. The Bertz CT molecular complexity index is 4350. The van der Waals surface area contributed by atoms with Gasteiger partial charge in [0.25, 0.3) is 0 Å². The van der Waals surface area contributed by atoms with Crippen molar-refractivity contribution >= 4 is 78.4 Å². The van der Waals surface area contributed by atoms with Gasteiger partial charge in [0.15, 0.2) is 0 Å². The molecule has 3 aromatic heterocycles. The number of hydrogen-bond acceptors (Lipinski definition) is 17. The van der Waals surface area contributed by atoms with Crippen molar-refractivity contribution in [3.63, 3.8) is 0 Å². The summed E-state index contributed by atoms with van der Waals surface area (Å²) < 4.78 is 27.9. The summed E-state index contributed by atoms with van der Waals surface area (Å²) in [6.07, 6.45) is 4.50. The van der Waals surface area contributed by atoms with E-state index in [-0.39, 0.29) is 33.6 Å². The van der Waals surface area contributed by atoms with E-state index >= 15 is 0 Å². The Morgan fingerprint density at radius 2 is 0.839 bits per heavy atom. The average Bonchev–Trinajstić information content (AvgIpc) is 2.25. The number of hydrogen-bond donors (Lipinski definition) is 5. The molecular weight excluding hydrogens is 1120 g/mol.